The van der Waals surface area contributed by atoms with Gasteiger partial charge < -0.3 is 0 Å². The second-order valence-electron chi connectivity index (χ2n) is 3.43. The largest absolute Gasteiger partial charge is 0.384 e. The van der Waals surface area contributed by atoms with E-state index in [-0.39, 0.29) is 5.91 Å². The third-order valence-corrected chi connectivity index (χ3v) is 2.96. The number of aromatic nitrogens is 4. The molecular formula is C9H5BrN4O2. The van der Waals surface area contributed by atoms with Gasteiger partial charge in [0, 0.05) is 10.0 Å². The van der Waals surface area contributed by atoms with Crippen molar-refractivity contribution in [3.05, 3.63) is 44.3 Å². The van der Waals surface area contributed by atoms with Crippen molar-refractivity contribution < 1.29 is 4.79 Å². The van der Waals surface area contributed by atoms with Crippen LogP contribution in [0.3, 0.4) is 0 Å². The van der Waals surface area contributed by atoms with Crippen LogP contribution in [0.25, 0.3) is 0 Å². The van der Waals surface area contributed by atoms with Crippen LogP contribution in [0.5, 0.6) is 0 Å². The van der Waals surface area contributed by atoms with Crippen LogP contribution < -0.4 is 5.69 Å². The number of nitrogens with zero attached hydrogens (tertiary/aromatic N) is 4. The fourth-order valence-corrected chi connectivity index (χ4v) is 2.06. The number of rotatable bonds is 0. The first kappa shape index (κ1) is 9.46. The van der Waals surface area contributed by atoms with Gasteiger partial charge in [0.1, 0.15) is 0 Å². The maximum absolute atomic E-state index is 12.0. The van der Waals surface area contributed by atoms with E-state index in [2.05, 4.69) is 26.2 Å². The van der Waals surface area contributed by atoms with Crippen molar-refractivity contribution in [2.75, 3.05) is 0 Å². The summed E-state index contributed by atoms with van der Waals surface area (Å²) in [5, 5.41) is 6.86. The molecule has 1 aliphatic heterocycles. The van der Waals surface area contributed by atoms with Crippen LogP contribution in [0.15, 0.2) is 27.5 Å². The first-order valence-electron chi connectivity index (χ1n) is 4.53. The van der Waals surface area contributed by atoms with Crippen LogP contribution in [0.1, 0.15) is 15.9 Å². The van der Waals surface area contributed by atoms with E-state index in [4.69, 9.17) is 0 Å². The van der Waals surface area contributed by atoms with E-state index in [9.17, 15) is 9.59 Å². The molecule has 16 heavy (non-hydrogen) atoms. The number of halogens is 1. The van der Waals surface area contributed by atoms with Gasteiger partial charge in [-0.1, -0.05) is 27.1 Å². The van der Waals surface area contributed by atoms with Crippen molar-refractivity contribution in [3.8, 4) is 0 Å². The smallest absolute Gasteiger partial charge is 0.265 e. The molecule has 7 heteroatoms. The number of carbonyl (C=O) groups excluding carboxylic acids is 1. The quantitative estimate of drug-likeness (QED) is 0.592. The Morgan fingerprint density at radius 3 is 2.94 bits per heavy atom. The Hall–Kier alpha value is -1.76. The minimum atomic E-state index is -0.512. The first-order valence-corrected chi connectivity index (χ1v) is 5.32. The van der Waals surface area contributed by atoms with Crippen LogP contribution in [0, 0.1) is 0 Å². The van der Waals surface area contributed by atoms with Crippen LogP contribution >= 0.6 is 15.9 Å². The summed E-state index contributed by atoms with van der Waals surface area (Å²) in [6, 6.07) is 5.35. The number of carbonyl (C=O) groups is 1. The van der Waals surface area contributed by atoms with Gasteiger partial charge in [0.05, 0.1) is 6.54 Å². The standard InChI is InChI=1S/C9H5BrN4O2/c10-6-2-1-5-4-13-9(16)11-12-14(13)8(15)7(5)3-6/h1-3H,4H2. The minimum Gasteiger partial charge on any atom is -0.265 e. The molecule has 0 aliphatic carbocycles. The summed E-state index contributed by atoms with van der Waals surface area (Å²) in [7, 11) is 0. The Bertz CT molecular complexity index is 658. The molecule has 3 rings (SSSR count). The molecule has 0 saturated heterocycles. The summed E-state index contributed by atoms with van der Waals surface area (Å²) in [4.78, 5) is 24.2. The molecule has 2 heterocycles. The summed E-state index contributed by atoms with van der Waals surface area (Å²) in [5.41, 5.74) is 0.825. The van der Waals surface area contributed by atoms with Gasteiger partial charge in [0.25, 0.3) is 5.91 Å². The molecule has 0 bridgehead atoms. The van der Waals surface area contributed by atoms with Gasteiger partial charge >= 0.3 is 5.69 Å². The molecule has 1 aliphatic rings. The maximum atomic E-state index is 12.0. The molecule has 1 aromatic carbocycles. The Morgan fingerprint density at radius 2 is 2.12 bits per heavy atom. The second kappa shape index (κ2) is 3.11. The van der Waals surface area contributed by atoms with Gasteiger partial charge in [-0.2, -0.15) is 0 Å². The van der Waals surface area contributed by atoms with Crippen LogP contribution in [-0.4, -0.2) is 25.7 Å². The van der Waals surface area contributed by atoms with Gasteiger partial charge in [-0.25, -0.2) is 9.48 Å². The molecule has 0 saturated carbocycles. The third-order valence-electron chi connectivity index (χ3n) is 2.47. The fraction of sp³-hybridized carbons (Fsp3) is 0.111. The lowest BCUT2D eigenvalue weighted by molar-refractivity contribution is 0.0892. The first-order chi connectivity index (χ1) is 7.66. The Kier molecular flexibility index (Phi) is 1.84. The summed E-state index contributed by atoms with van der Waals surface area (Å²) in [5.74, 6) is -0.336. The number of tetrazole rings is 1. The van der Waals surface area contributed by atoms with Crippen molar-refractivity contribution in [1.29, 1.82) is 0 Å². The van der Waals surface area contributed by atoms with Gasteiger partial charge in [0.2, 0.25) is 0 Å². The molecule has 0 spiro atoms. The zero-order valence-corrected chi connectivity index (χ0v) is 9.51. The molecule has 0 radical (unpaired) electrons. The normalized spacial score (nSPS) is 13.4. The molecule has 6 nitrogen and oxygen atoms in total. The van der Waals surface area contributed by atoms with Crippen LogP contribution in [0.4, 0.5) is 0 Å². The summed E-state index contributed by atoms with van der Waals surface area (Å²) < 4.78 is 2.02. The van der Waals surface area contributed by atoms with Crippen LogP contribution in [-0.2, 0) is 6.54 Å². The average molecular weight is 281 g/mol. The van der Waals surface area contributed by atoms with E-state index < -0.39 is 5.69 Å². The summed E-state index contributed by atoms with van der Waals surface area (Å²) in [6.07, 6.45) is 0. The van der Waals surface area contributed by atoms with E-state index in [1.54, 1.807) is 12.1 Å². The molecular weight excluding hydrogens is 276 g/mol. The zero-order valence-electron chi connectivity index (χ0n) is 7.92. The Labute approximate surface area is 97.6 Å². The summed E-state index contributed by atoms with van der Waals surface area (Å²) in [6.45, 7) is 0.320. The molecule has 0 amide bonds. The van der Waals surface area contributed by atoms with Crippen molar-refractivity contribution >= 4 is 21.8 Å². The van der Waals surface area contributed by atoms with E-state index in [0.29, 0.717) is 12.1 Å². The zero-order chi connectivity index (χ0) is 11.3. The van der Waals surface area contributed by atoms with Gasteiger partial charge in [-0.05, 0) is 22.9 Å². The average Bonchev–Trinajstić information content (AvgIpc) is 2.63. The molecule has 2 aromatic rings. The Balaban J connectivity index is 2.28. The van der Waals surface area contributed by atoms with E-state index in [0.717, 1.165) is 14.8 Å². The van der Waals surface area contributed by atoms with Gasteiger partial charge in [0.15, 0.2) is 0 Å². The van der Waals surface area contributed by atoms with Crippen molar-refractivity contribution in [3.63, 3.8) is 0 Å². The van der Waals surface area contributed by atoms with E-state index >= 15 is 0 Å². The molecule has 80 valence electrons. The van der Waals surface area contributed by atoms with Gasteiger partial charge in [-0.15, -0.1) is 4.80 Å². The van der Waals surface area contributed by atoms with Gasteiger partial charge in [-0.3, -0.25) is 4.79 Å². The maximum Gasteiger partial charge on any atom is 0.384 e. The highest BCUT2D eigenvalue weighted by molar-refractivity contribution is 9.10. The lowest BCUT2D eigenvalue weighted by atomic mass is 10.1. The predicted octanol–water partition coefficient (Wildman–Crippen LogP) is 0.252. The van der Waals surface area contributed by atoms with Crippen molar-refractivity contribution in [2.45, 2.75) is 6.54 Å². The lowest BCUT2D eigenvalue weighted by Crippen LogP contribution is -2.34. The molecule has 0 unspecified atom stereocenters. The predicted molar refractivity (Wildman–Crippen MR) is 57.3 cm³/mol. The number of hydrogen-bond acceptors (Lipinski definition) is 4. The van der Waals surface area contributed by atoms with Crippen molar-refractivity contribution in [1.82, 2.24) is 19.8 Å². The summed E-state index contributed by atoms with van der Waals surface area (Å²) >= 11 is 3.30. The minimum absolute atomic E-state index is 0.320. The highest BCUT2D eigenvalue weighted by Gasteiger charge is 2.25. The highest BCUT2D eigenvalue weighted by atomic mass is 79.9. The number of hydrogen-bond donors (Lipinski definition) is 0. The Morgan fingerprint density at radius 1 is 1.31 bits per heavy atom. The number of benzene rings is 1. The molecule has 0 N–H and O–H groups in total. The van der Waals surface area contributed by atoms with Crippen molar-refractivity contribution in [2.24, 2.45) is 0 Å². The molecule has 0 fully saturated rings. The SMILES string of the molecule is O=C1c2cc(Br)ccc2Cn2c(=O)nnn21. The second-order valence-corrected chi connectivity index (χ2v) is 4.34. The molecule has 0 atom stereocenters. The van der Waals surface area contributed by atoms with E-state index in [1.165, 1.54) is 4.68 Å². The molecule has 1 aromatic heterocycles. The number of fused-ring (bicyclic) bond motifs is 2. The third kappa shape index (κ3) is 1.18. The fourth-order valence-electron chi connectivity index (χ4n) is 1.70. The topological polar surface area (TPSA) is 69.8 Å². The van der Waals surface area contributed by atoms with E-state index in [1.807, 2.05) is 6.07 Å². The highest BCUT2D eigenvalue weighted by Crippen LogP contribution is 2.20. The lowest BCUT2D eigenvalue weighted by Gasteiger charge is -2.16. The monoisotopic (exact) mass is 280 g/mol. The van der Waals surface area contributed by atoms with Crippen LogP contribution in [0.2, 0.25) is 0 Å².